The van der Waals surface area contributed by atoms with Crippen LogP contribution in [0.2, 0.25) is 0 Å². The summed E-state index contributed by atoms with van der Waals surface area (Å²) in [7, 11) is 0. The molecule has 1 aromatic heterocycles. The molecule has 1 aliphatic carbocycles. The van der Waals surface area contributed by atoms with Gasteiger partial charge in [-0.25, -0.2) is 0 Å². The summed E-state index contributed by atoms with van der Waals surface area (Å²) in [6.07, 6.45) is 4.48. The summed E-state index contributed by atoms with van der Waals surface area (Å²) < 4.78 is 11.4. The zero-order chi connectivity index (χ0) is 19.3. The molecule has 0 radical (unpaired) electrons. The number of rotatable bonds is 6. The summed E-state index contributed by atoms with van der Waals surface area (Å²) in [6, 6.07) is 7.59. The lowest BCUT2D eigenvalue weighted by Crippen LogP contribution is -2.09. The van der Waals surface area contributed by atoms with Crippen LogP contribution in [0.3, 0.4) is 0 Å². The van der Waals surface area contributed by atoms with Gasteiger partial charge in [-0.3, -0.25) is 14.6 Å². The maximum absolute atomic E-state index is 13.0. The SMILES string of the molecule is CCC(=O)c1cc(C(=O)CC2[C@H]3COC[C@@H]23)cc2c1OCC2c1cccnc1. The Morgan fingerprint density at radius 3 is 2.68 bits per heavy atom. The molecule has 0 amide bonds. The molecule has 1 saturated carbocycles. The first kappa shape index (κ1) is 17.6. The van der Waals surface area contributed by atoms with Crippen LogP contribution in [0.5, 0.6) is 5.75 Å². The molecule has 1 saturated heterocycles. The normalized spacial score (nSPS) is 27.0. The molecule has 4 atom stereocenters. The molecule has 5 rings (SSSR count). The van der Waals surface area contributed by atoms with Crippen molar-refractivity contribution in [2.45, 2.75) is 25.7 Å². The minimum absolute atomic E-state index is 0.00596. The molecule has 3 heterocycles. The number of nitrogens with zero attached hydrogens (tertiary/aromatic N) is 1. The predicted octanol–water partition coefficient (Wildman–Crippen LogP) is 3.66. The van der Waals surface area contributed by atoms with Crippen molar-refractivity contribution in [3.8, 4) is 5.75 Å². The Bertz CT molecular complexity index is 929. The topological polar surface area (TPSA) is 65.5 Å². The van der Waals surface area contributed by atoms with Gasteiger partial charge in [0.15, 0.2) is 11.6 Å². The number of aromatic nitrogens is 1. The summed E-state index contributed by atoms with van der Waals surface area (Å²) in [5.41, 5.74) is 3.12. The van der Waals surface area contributed by atoms with Crippen LogP contribution in [-0.2, 0) is 4.74 Å². The van der Waals surface area contributed by atoms with E-state index in [9.17, 15) is 9.59 Å². The summed E-state index contributed by atoms with van der Waals surface area (Å²) in [4.78, 5) is 29.8. The first-order valence-corrected chi connectivity index (χ1v) is 10.0. The minimum atomic E-state index is -0.00596. The zero-order valence-electron chi connectivity index (χ0n) is 15.9. The standard InChI is InChI=1S/C23H23NO4/c1-2-21(25)17-7-14(22(26)8-15-19-10-27-11-20(15)19)6-16-18(12-28-23(16)17)13-4-3-5-24-9-13/h3-7,9,15,18-20H,2,8,10-12H2,1H3/t15?,18?,19-,20+. The highest BCUT2D eigenvalue weighted by Gasteiger charge is 2.54. The third kappa shape index (κ3) is 2.85. The number of benzene rings is 1. The average Bonchev–Trinajstić information content (AvgIpc) is 3.10. The summed E-state index contributed by atoms with van der Waals surface area (Å²) in [5, 5.41) is 0. The van der Waals surface area contributed by atoms with E-state index in [1.165, 1.54) is 0 Å². The van der Waals surface area contributed by atoms with Crippen LogP contribution in [0.25, 0.3) is 0 Å². The Kier molecular flexibility index (Phi) is 4.27. The number of Topliss-reactive ketones (excluding diaryl/α,β-unsaturated/α-hetero) is 2. The number of ether oxygens (including phenoxy) is 2. The highest BCUT2D eigenvalue weighted by Crippen LogP contribution is 2.53. The van der Waals surface area contributed by atoms with Crippen LogP contribution < -0.4 is 4.74 Å². The Morgan fingerprint density at radius 1 is 1.14 bits per heavy atom. The maximum Gasteiger partial charge on any atom is 0.166 e. The van der Waals surface area contributed by atoms with E-state index in [0.29, 0.717) is 54.1 Å². The number of carbonyl (C=O) groups is 2. The molecule has 2 aliphatic heterocycles. The molecule has 0 bridgehead atoms. The van der Waals surface area contributed by atoms with E-state index in [1.54, 1.807) is 12.3 Å². The number of hydrogen-bond acceptors (Lipinski definition) is 5. The van der Waals surface area contributed by atoms with Crippen molar-refractivity contribution in [2.75, 3.05) is 19.8 Å². The molecule has 0 spiro atoms. The second-order valence-corrected chi connectivity index (χ2v) is 8.03. The molecule has 144 valence electrons. The molecule has 5 heteroatoms. The van der Waals surface area contributed by atoms with Gasteiger partial charge in [0, 0.05) is 42.3 Å². The molecule has 2 aromatic rings. The number of carbonyl (C=O) groups excluding carboxylic acids is 2. The van der Waals surface area contributed by atoms with E-state index in [1.807, 2.05) is 31.3 Å². The van der Waals surface area contributed by atoms with Gasteiger partial charge in [-0.05, 0) is 41.5 Å². The molecule has 28 heavy (non-hydrogen) atoms. The summed E-state index contributed by atoms with van der Waals surface area (Å²) in [5.74, 6) is 2.27. The van der Waals surface area contributed by atoms with Crippen LogP contribution in [0.15, 0.2) is 36.7 Å². The van der Waals surface area contributed by atoms with E-state index in [-0.39, 0.29) is 17.5 Å². The first-order valence-electron chi connectivity index (χ1n) is 10.0. The number of pyridine rings is 1. The Balaban J connectivity index is 1.50. The third-order valence-electron chi connectivity index (χ3n) is 6.47. The van der Waals surface area contributed by atoms with Crippen LogP contribution in [0.1, 0.15) is 57.5 Å². The fraction of sp³-hybridized carbons (Fsp3) is 0.435. The molecule has 2 unspecified atom stereocenters. The molecule has 5 nitrogen and oxygen atoms in total. The Labute approximate surface area is 164 Å². The lowest BCUT2D eigenvalue weighted by molar-refractivity contribution is 0.0951. The van der Waals surface area contributed by atoms with Gasteiger partial charge in [0.1, 0.15) is 5.75 Å². The minimum Gasteiger partial charge on any atom is -0.492 e. The van der Waals surface area contributed by atoms with Crippen LogP contribution in [0, 0.1) is 17.8 Å². The fourth-order valence-corrected chi connectivity index (χ4v) is 4.74. The lowest BCUT2D eigenvalue weighted by Gasteiger charge is -2.12. The number of hydrogen-bond donors (Lipinski definition) is 0. The van der Waals surface area contributed by atoms with Gasteiger partial charge < -0.3 is 9.47 Å². The predicted molar refractivity (Wildman–Crippen MR) is 103 cm³/mol. The van der Waals surface area contributed by atoms with Gasteiger partial charge in [-0.2, -0.15) is 0 Å². The van der Waals surface area contributed by atoms with Crippen LogP contribution in [-0.4, -0.2) is 36.4 Å². The second-order valence-electron chi connectivity index (χ2n) is 8.03. The molecule has 2 fully saturated rings. The van der Waals surface area contributed by atoms with Gasteiger partial charge in [0.05, 0.1) is 25.4 Å². The van der Waals surface area contributed by atoms with Crippen molar-refractivity contribution >= 4 is 11.6 Å². The van der Waals surface area contributed by atoms with E-state index in [4.69, 9.17) is 9.47 Å². The van der Waals surface area contributed by atoms with Gasteiger partial charge in [0.2, 0.25) is 0 Å². The van der Waals surface area contributed by atoms with Crippen molar-refractivity contribution in [1.29, 1.82) is 0 Å². The van der Waals surface area contributed by atoms with Crippen molar-refractivity contribution in [3.63, 3.8) is 0 Å². The number of fused-ring (bicyclic) bond motifs is 2. The van der Waals surface area contributed by atoms with Crippen molar-refractivity contribution < 1.29 is 19.1 Å². The maximum atomic E-state index is 13.0. The zero-order valence-corrected chi connectivity index (χ0v) is 15.9. The second kappa shape index (κ2) is 6.82. The van der Waals surface area contributed by atoms with Gasteiger partial charge in [-0.1, -0.05) is 13.0 Å². The fourth-order valence-electron chi connectivity index (χ4n) is 4.74. The molecule has 1 aromatic carbocycles. The van der Waals surface area contributed by atoms with Gasteiger partial charge in [-0.15, -0.1) is 0 Å². The highest BCUT2D eigenvalue weighted by atomic mass is 16.5. The van der Waals surface area contributed by atoms with E-state index in [2.05, 4.69) is 4.98 Å². The third-order valence-corrected chi connectivity index (χ3v) is 6.47. The van der Waals surface area contributed by atoms with Gasteiger partial charge >= 0.3 is 0 Å². The Hall–Kier alpha value is -2.53. The van der Waals surface area contributed by atoms with Crippen molar-refractivity contribution in [2.24, 2.45) is 17.8 Å². The highest BCUT2D eigenvalue weighted by molar-refractivity contribution is 6.04. The van der Waals surface area contributed by atoms with E-state index >= 15 is 0 Å². The molecule has 3 aliphatic rings. The van der Waals surface area contributed by atoms with Crippen molar-refractivity contribution in [3.05, 3.63) is 58.9 Å². The molecule has 0 N–H and O–H groups in total. The first-order chi connectivity index (χ1) is 13.7. The van der Waals surface area contributed by atoms with Crippen molar-refractivity contribution in [1.82, 2.24) is 4.98 Å². The molecular weight excluding hydrogens is 354 g/mol. The average molecular weight is 377 g/mol. The van der Waals surface area contributed by atoms with E-state index in [0.717, 1.165) is 24.3 Å². The summed E-state index contributed by atoms with van der Waals surface area (Å²) >= 11 is 0. The van der Waals surface area contributed by atoms with Gasteiger partial charge in [0.25, 0.3) is 0 Å². The largest absolute Gasteiger partial charge is 0.492 e. The quantitative estimate of drug-likeness (QED) is 0.719. The van der Waals surface area contributed by atoms with Crippen LogP contribution in [0.4, 0.5) is 0 Å². The number of ketones is 2. The monoisotopic (exact) mass is 377 g/mol. The molecular formula is C23H23NO4. The lowest BCUT2D eigenvalue weighted by atomic mass is 9.89. The van der Waals surface area contributed by atoms with Crippen LogP contribution >= 0.6 is 0 Å². The Morgan fingerprint density at radius 2 is 1.96 bits per heavy atom. The summed E-state index contributed by atoms with van der Waals surface area (Å²) in [6.45, 7) is 3.86. The van der Waals surface area contributed by atoms with E-state index < -0.39 is 0 Å². The smallest absolute Gasteiger partial charge is 0.166 e.